The van der Waals surface area contributed by atoms with E-state index in [2.05, 4.69) is 10.6 Å². The SMILES string of the molecule is CO[C@@H](C(=O)N[C@@H]1CCCNC1=O)[C@@H]1OC(C)(C)O[C@@H](/C=C/C(C)(C)C)[C@@H]1O. The molecule has 2 heterocycles. The van der Waals surface area contributed by atoms with Crippen LogP contribution in [0.1, 0.15) is 47.5 Å². The smallest absolute Gasteiger partial charge is 0.252 e. The van der Waals surface area contributed by atoms with Crippen molar-refractivity contribution in [3.63, 3.8) is 0 Å². The maximum Gasteiger partial charge on any atom is 0.252 e. The van der Waals surface area contributed by atoms with E-state index in [1.165, 1.54) is 7.11 Å². The summed E-state index contributed by atoms with van der Waals surface area (Å²) in [4.78, 5) is 24.7. The predicted molar refractivity (Wildman–Crippen MR) is 103 cm³/mol. The number of nitrogens with one attached hydrogen (secondary N) is 2. The van der Waals surface area contributed by atoms with E-state index in [1.807, 2.05) is 26.8 Å². The summed E-state index contributed by atoms with van der Waals surface area (Å²) < 4.78 is 17.1. The first kappa shape index (κ1) is 22.8. The highest BCUT2D eigenvalue weighted by molar-refractivity contribution is 5.90. The number of rotatable bonds is 5. The van der Waals surface area contributed by atoms with E-state index < -0.39 is 42.2 Å². The molecular formula is C20H34N2O6. The topological polar surface area (TPSA) is 106 Å². The van der Waals surface area contributed by atoms with E-state index in [-0.39, 0.29) is 11.3 Å². The fraction of sp³-hybridized carbons (Fsp3) is 0.800. The van der Waals surface area contributed by atoms with Crippen molar-refractivity contribution in [2.24, 2.45) is 5.41 Å². The van der Waals surface area contributed by atoms with Crippen LogP contribution in [0.5, 0.6) is 0 Å². The Kier molecular flexibility index (Phi) is 7.25. The molecule has 28 heavy (non-hydrogen) atoms. The number of amides is 2. The third kappa shape index (κ3) is 6.01. The summed E-state index contributed by atoms with van der Waals surface area (Å²) >= 11 is 0. The average Bonchev–Trinajstić information content (AvgIpc) is 2.58. The van der Waals surface area contributed by atoms with Gasteiger partial charge in [0.25, 0.3) is 5.91 Å². The molecule has 0 aliphatic carbocycles. The van der Waals surface area contributed by atoms with Crippen molar-refractivity contribution in [3.05, 3.63) is 12.2 Å². The van der Waals surface area contributed by atoms with E-state index >= 15 is 0 Å². The minimum Gasteiger partial charge on any atom is -0.387 e. The van der Waals surface area contributed by atoms with E-state index in [0.29, 0.717) is 13.0 Å². The Labute approximate surface area is 167 Å². The molecule has 2 aliphatic heterocycles. The van der Waals surface area contributed by atoms with Gasteiger partial charge >= 0.3 is 0 Å². The van der Waals surface area contributed by atoms with Crippen LogP contribution in [-0.2, 0) is 23.8 Å². The molecule has 0 aromatic rings. The zero-order chi connectivity index (χ0) is 21.1. The summed E-state index contributed by atoms with van der Waals surface area (Å²) in [5, 5.41) is 16.3. The summed E-state index contributed by atoms with van der Waals surface area (Å²) in [5.41, 5.74) is -0.0899. The standard InChI is InChI=1S/C20H34N2O6/c1-19(2,3)10-9-13-14(23)15(28-20(4,5)27-13)16(26-6)18(25)22-12-8-7-11-21-17(12)24/h9-10,12-16,23H,7-8,11H2,1-6H3,(H,21,24)(H,22,25)/b10-9+/t12-,13+,14+,15-,16-/m1/s1. The molecule has 5 atom stereocenters. The molecule has 2 aliphatic rings. The molecule has 8 heteroatoms. The minimum absolute atomic E-state index is 0.0899. The maximum atomic E-state index is 12.8. The highest BCUT2D eigenvalue weighted by Crippen LogP contribution is 2.31. The van der Waals surface area contributed by atoms with Gasteiger partial charge in [0.2, 0.25) is 5.91 Å². The van der Waals surface area contributed by atoms with Crippen molar-refractivity contribution in [2.75, 3.05) is 13.7 Å². The lowest BCUT2D eigenvalue weighted by atomic mass is 9.93. The van der Waals surface area contributed by atoms with E-state index in [9.17, 15) is 14.7 Å². The van der Waals surface area contributed by atoms with E-state index in [4.69, 9.17) is 14.2 Å². The third-order valence-corrected chi connectivity index (χ3v) is 4.71. The zero-order valence-electron chi connectivity index (χ0n) is 17.7. The molecule has 2 fully saturated rings. The van der Waals surface area contributed by atoms with Crippen LogP contribution in [0, 0.1) is 5.41 Å². The third-order valence-electron chi connectivity index (χ3n) is 4.71. The Morgan fingerprint density at radius 3 is 2.64 bits per heavy atom. The fourth-order valence-electron chi connectivity index (χ4n) is 3.34. The van der Waals surface area contributed by atoms with Crippen molar-refractivity contribution < 1.29 is 28.9 Å². The Bertz CT molecular complexity index is 598. The number of ether oxygens (including phenoxy) is 3. The molecular weight excluding hydrogens is 364 g/mol. The molecule has 8 nitrogen and oxygen atoms in total. The Morgan fingerprint density at radius 2 is 2.07 bits per heavy atom. The Hall–Kier alpha value is -1.48. The largest absolute Gasteiger partial charge is 0.387 e. The summed E-state index contributed by atoms with van der Waals surface area (Å²) in [6.45, 7) is 10.2. The van der Waals surface area contributed by atoms with E-state index in [1.54, 1.807) is 19.9 Å². The van der Waals surface area contributed by atoms with Gasteiger partial charge in [-0.15, -0.1) is 0 Å². The van der Waals surface area contributed by atoms with Gasteiger partial charge in [0.1, 0.15) is 24.4 Å². The average molecular weight is 399 g/mol. The van der Waals surface area contributed by atoms with Crippen LogP contribution in [0.4, 0.5) is 0 Å². The quantitative estimate of drug-likeness (QED) is 0.594. The lowest BCUT2D eigenvalue weighted by Gasteiger charge is -2.45. The van der Waals surface area contributed by atoms with E-state index in [0.717, 1.165) is 6.42 Å². The second-order valence-electron chi connectivity index (χ2n) is 8.93. The highest BCUT2D eigenvalue weighted by Gasteiger charge is 2.47. The van der Waals surface area contributed by atoms with Gasteiger partial charge in [-0.25, -0.2) is 0 Å². The van der Waals surface area contributed by atoms with Gasteiger partial charge in [-0.2, -0.15) is 0 Å². The first-order valence-electron chi connectivity index (χ1n) is 9.77. The summed E-state index contributed by atoms with van der Waals surface area (Å²) in [5.74, 6) is -1.73. The highest BCUT2D eigenvalue weighted by atomic mass is 16.7. The number of allylic oxidation sites excluding steroid dienone is 1. The summed E-state index contributed by atoms with van der Waals surface area (Å²) in [6.07, 6.45) is 1.30. The number of hydrogen-bond acceptors (Lipinski definition) is 6. The monoisotopic (exact) mass is 398 g/mol. The van der Waals surface area contributed by atoms with Crippen molar-refractivity contribution in [1.29, 1.82) is 0 Å². The Balaban J connectivity index is 2.16. The van der Waals surface area contributed by atoms with Gasteiger partial charge in [0.05, 0.1) is 0 Å². The molecule has 0 saturated carbocycles. The normalized spacial score (nSPS) is 32.0. The van der Waals surface area contributed by atoms with Gasteiger partial charge in [0.15, 0.2) is 11.9 Å². The van der Waals surface area contributed by atoms with Gasteiger partial charge in [-0.3, -0.25) is 9.59 Å². The van der Waals surface area contributed by atoms with Crippen LogP contribution in [-0.4, -0.2) is 66.8 Å². The van der Waals surface area contributed by atoms with Gasteiger partial charge in [-0.05, 0) is 32.1 Å². The summed E-state index contributed by atoms with van der Waals surface area (Å²) in [7, 11) is 1.38. The van der Waals surface area contributed by atoms with Crippen LogP contribution in [0.25, 0.3) is 0 Å². The second kappa shape index (κ2) is 8.90. The second-order valence-corrected chi connectivity index (χ2v) is 8.93. The van der Waals surface area contributed by atoms with Crippen molar-refractivity contribution in [2.45, 2.75) is 83.7 Å². The van der Waals surface area contributed by atoms with Crippen molar-refractivity contribution >= 4 is 11.8 Å². The number of aliphatic hydroxyl groups is 1. The van der Waals surface area contributed by atoms with Crippen LogP contribution >= 0.6 is 0 Å². The molecule has 0 unspecified atom stereocenters. The van der Waals surface area contributed by atoms with Crippen molar-refractivity contribution in [1.82, 2.24) is 10.6 Å². The van der Waals surface area contributed by atoms with Gasteiger partial charge in [-0.1, -0.05) is 32.9 Å². The molecule has 160 valence electrons. The van der Waals surface area contributed by atoms with Gasteiger partial charge < -0.3 is 30.0 Å². The van der Waals surface area contributed by atoms with Crippen molar-refractivity contribution in [3.8, 4) is 0 Å². The number of carbonyl (C=O) groups is 2. The lowest BCUT2D eigenvalue weighted by Crippen LogP contribution is -2.62. The molecule has 0 aromatic carbocycles. The maximum absolute atomic E-state index is 12.8. The predicted octanol–water partition coefficient (Wildman–Crippen LogP) is 0.880. The molecule has 2 rings (SSSR count). The molecule has 2 saturated heterocycles. The first-order valence-corrected chi connectivity index (χ1v) is 9.77. The van der Waals surface area contributed by atoms with Crippen LogP contribution in [0.3, 0.4) is 0 Å². The zero-order valence-corrected chi connectivity index (χ0v) is 17.7. The fourth-order valence-corrected chi connectivity index (χ4v) is 3.34. The lowest BCUT2D eigenvalue weighted by molar-refractivity contribution is -0.334. The molecule has 0 bridgehead atoms. The van der Waals surface area contributed by atoms with Gasteiger partial charge in [0, 0.05) is 13.7 Å². The minimum atomic E-state index is -1.11. The molecule has 3 N–H and O–H groups in total. The number of aliphatic hydroxyl groups excluding tert-OH is 1. The Morgan fingerprint density at radius 1 is 1.39 bits per heavy atom. The number of methoxy groups -OCH3 is 1. The number of hydrogen-bond donors (Lipinski definition) is 3. The molecule has 0 aromatic heterocycles. The number of carbonyl (C=O) groups excluding carboxylic acids is 2. The van der Waals surface area contributed by atoms with Crippen LogP contribution < -0.4 is 10.6 Å². The van der Waals surface area contributed by atoms with Crippen LogP contribution in [0.15, 0.2) is 12.2 Å². The van der Waals surface area contributed by atoms with Crippen LogP contribution in [0.2, 0.25) is 0 Å². The molecule has 0 radical (unpaired) electrons. The molecule has 2 amide bonds. The molecule has 0 spiro atoms. The summed E-state index contributed by atoms with van der Waals surface area (Å²) in [6, 6.07) is -0.611. The first-order chi connectivity index (χ1) is 12.9. The number of piperidine rings is 1.